The van der Waals surface area contributed by atoms with Crippen molar-refractivity contribution in [3.63, 3.8) is 0 Å². The Kier molecular flexibility index (Phi) is 6.72. The summed E-state index contributed by atoms with van der Waals surface area (Å²) in [5.41, 5.74) is 7.37. The molecular weight excluding hydrogens is 288 g/mol. The fourth-order valence-electron chi connectivity index (χ4n) is 1.96. The number of nitrogens with zero attached hydrogens (tertiary/aromatic N) is 1. The second-order valence-electron chi connectivity index (χ2n) is 4.37. The minimum atomic E-state index is -0.112. The zero-order chi connectivity index (χ0) is 14.4. The molecular formula is C16H19ClN2O2. The van der Waals surface area contributed by atoms with Crippen LogP contribution in [0.1, 0.15) is 5.56 Å². The fraction of sp³-hybridized carbons (Fsp3) is 0.188. The summed E-state index contributed by atoms with van der Waals surface area (Å²) in [6.45, 7) is 0.488. The van der Waals surface area contributed by atoms with Gasteiger partial charge in [0.2, 0.25) is 5.91 Å². The molecule has 0 radical (unpaired) electrons. The zero-order valence-electron chi connectivity index (χ0n) is 11.9. The number of carbonyl (C=O) groups is 1. The first-order valence-corrected chi connectivity index (χ1v) is 6.43. The molecule has 112 valence electrons. The quantitative estimate of drug-likeness (QED) is 0.924. The molecule has 0 aromatic heterocycles. The Morgan fingerprint density at radius 2 is 1.71 bits per heavy atom. The molecule has 0 fully saturated rings. The number of methoxy groups -OCH3 is 1. The molecule has 2 rings (SSSR count). The minimum absolute atomic E-state index is 0. The molecule has 0 spiro atoms. The van der Waals surface area contributed by atoms with Crippen LogP contribution in [-0.4, -0.2) is 19.6 Å². The third-order valence-electron chi connectivity index (χ3n) is 3.04. The highest BCUT2D eigenvalue weighted by atomic mass is 35.5. The van der Waals surface area contributed by atoms with Gasteiger partial charge in [-0.3, -0.25) is 4.79 Å². The summed E-state index contributed by atoms with van der Waals surface area (Å²) < 4.78 is 5.13. The molecule has 0 aliphatic heterocycles. The van der Waals surface area contributed by atoms with Crippen molar-refractivity contribution in [2.24, 2.45) is 5.73 Å². The predicted octanol–water partition coefficient (Wildman–Crippen LogP) is 2.61. The fourth-order valence-corrected chi connectivity index (χ4v) is 1.96. The monoisotopic (exact) mass is 306 g/mol. The topological polar surface area (TPSA) is 55.6 Å². The summed E-state index contributed by atoms with van der Waals surface area (Å²) in [5, 5.41) is 0. The number of hydrogen-bond donors (Lipinski definition) is 1. The molecule has 2 aromatic carbocycles. The highest BCUT2D eigenvalue weighted by Crippen LogP contribution is 2.21. The SMILES string of the molecule is COc1ccc(N(Cc2ccccc2)C(=O)CN)cc1.Cl. The first-order chi connectivity index (χ1) is 9.74. The third-order valence-corrected chi connectivity index (χ3v) is 3.04. The Morgan fingerprint density at radius 3 is 2.24 bits per heavy atom. The highest BCUT2D eigenvalue weighted by molar-refractivity contribution is 5.94. The van der Waals surface area contributed by atoms with Crippen LogP contribution in [0.2, 0.25) is 0 Å². The lowest BCUT2D eigenvalue weighted by Crippen LogP contribution is -2.35. The molecule has 0 heterocycles. The van der Waals surface area contributed by atoms with Gasteiger partial charge in [-0.1, -0.05) is 30.3 Å². The average Bonchev–Trinajstić information content (AvgIpc) is 2.53. The van der Waals surface area contributed by atoms with E-state index in [0.717, 1.165) is 17.0 Å². The van der Waals surface area contributed by atoms with E-state index in [2.05, 4.69) is 0 Å². The molecule has 4 nitrogen and oxygen atoms in total. The van der Waals surface area contributed by atoms with Crippen LogP contribution in [0.15, 0.2) is 54.6 Å². The zero-order valence-corrected chi connectivity index (χ0v) is 12.7. The second kappa shape index (κ2) is 8.29. The van der Waals surface area contributed by atoms with Gasteiger partial charge in [0, 0.05) is 5.69 Å². The van der Waals surface area contributed by atoms with Gasteiger partial charge in [-0.2, -0.15) is 0 Å². The van der Waals surface area contributed by atoms with E-state index in [1.807, 2.05) is 54.6 Å². The Bertz CT molecular complexity index is 558. The van der Waals surface area contributed by atoms with Gasteiger partial charge < -0.3 is 15.4 Å². The van der Waals surface area contributed by atoms with E-state index in [9.17, 15) is 4.79 Å². The molecule has 0 aliphatic carbocycles. The Morgan fingerprint density at radius 1 is 1.10 bits per heavy atom. The van der Waals surface area contributed by atoms with Crippen LogP contribution in [0.5, 0.6) is 5.75 Å². The van der Waals surface area contributed by atoms with E-state index in [4.69, 9.17) is 10.5 Å². The lowest BCUT2D eigenvalue weighted by atomic mass is 10.2. The maximum absolute atomic E-state index is 12.0. The van der Waals surface area contributed by atoms with Gasteiger partial charge in [-0.05, 0) is 29.8 Å². The Balaban J connectivity index is 0.00000220. The third kappa shape index (κ3) is 4.48. The number of halogens is 1. The first-order valence-electron chi connectivity index (χ1n) is 6.43. The molecule has 2 N–H and O–H groups in total. The van der Waals surface area contributed by atoms with Crippen molar-refractivity contribution < 1.29 is 9.53 Å². The maximum atomic E-state index is 12.0. The van der Waals surface area contributed by atoms with E-state index in [0.29, 0.717) is 6.54 Å². The van der Waals surface area contributed by atoms with Gasteiger partial charge >= 0.3 is 0 Å². The second-order valence-corrected chi connectivity index (χ2v) is 4.37. The number of rotatable bonds is 5. The van der Waals surface area contributed by atoms with Crippen LogP contribution >= 0.6 is 12.4 Å². The normalized spacial score (nSPS) is 9.62. The lowest BCUT2D eigenvalue weighted by molar-refractivity contribution is -0.117. The van der Waals surface area contributed by atoms with Crippen LogP contribution in [0, 0.1) is 0 Å². The van der Waals surface area contributed by atoms with E-state index in [1.165, 1.54) is 0 Å². The largest absolute Gasteiger partial charge is 0.497 e. The van der Waals surface area contributed by atoms with Crippen molar-refractivity contribution in [2.75, 3.05) is 18.6 Å². The smallest absolute Gasteiger partial charge is 0.241 e. The van der Waals surface area contributed by atoms with Crippen molar-refractivity contribution in [1.82, 2.24) is 0 Å². The van der Waals surface area contributed by atoms with Gasteiger partial charge in [0.25, 0.3) is 0 Å². The number of carbonyl (C=O) groups excluding carboxylic acids is 1. The number of ether oxygens (including phenoxy) is 1. The number of amides is 1. The predicted molar refractivity (Wildman–Crippen MR) is 86.9 cm³/mol. The van der Waals surface area contributed by atoms with Crippen LogP contribution in [0.4, 0.5) is 5.69 Å². The molecule has 0 saturated carbocycles. The average molecular weight is 307 g/mol. The number of hydrogen-bond acceptors (Lipinski definition) is 3. The molecule has 0 unspecified atom stereocenters. The summed E-state index contributed by atoms with van der Waals surface area (Å²) in [6, 6.07) is 17.2. The molecule has 21 heavy (non-hydrogen) atoms. The summed E-state index contributed by atoms with van der Waals surface area (Å²) >= 11 is 0. The number of anilines is 1. The summed E-state index contributed by atoms with van der Waals surface area (Å²) in [7, 11) is 1.61. The van der Waals surface area contributed by atoms with Gasteiger partial charge in [0.1, 0.15) is 5.75 Å². The molecule has 0 aliphatic rings. The summed E-state index contributed by atoms with van der Waals surface area (Å²) in [5.74, 6) is 0.646. The van der Waals surface area contributed by atoms with Crippen LogP contribution in [0.3, 0.4) is 0 Å². The van der Waals surface area contributed by atoms with Gasteiger partial charge in [0.15, 0.2) is 0 Å². The maximum Gasteiger partial charge on any atom is 0.241 e. The van der Waals surface area contributed by atoms with Crippen molar-refractivity contribution in [1.29, 1.82) is 0 Å². The van der Waals surface area contributed by atoms with Crippen LogP contribution in [0.25, 0.3) is 0 Å². The molecule has 0 saturated heterocycles. The Labute approximate surface area is 130 Å². The van der Waals surface area contributed by atoms with Crippen molar-refractivity contribution in [2.45, 2.75) is 6.54 Å². The van der Waals surface area contributed by atoms with Gasteiger partial charge in [-0.25, -0.2) is 0 Å². The summed E-state index contributed by atoms with van der Waals surface area (Å²) in [4.78, 5) is 13.7. The van der Waals surface area contributed by atoms with Crippen molar-refractivity contribution >= 4 is 24.0 Å². The van der Waals surface area contributed by atoms with E-state index in [1.54, 1.807) is 12.0 Å². The van der Waals surface area contributed by atoms with Crippen molar-refractivity contribution in [3.8, 4) is 5.75 Å². The van der Waals surface area contributed by atoms with E-state index < -0.39 is 0 Å². The van der Waals surface area contributed by atoms with E-state index in [-0.39, 0.29) is 24.9 Å². The van der Waals surface area contributed by atoms with Gasteiger partial charge in [-0.15, -0.1) is 12.4 Å². The molecule has 0 atom stereocenters. The molecule has 1 amide bonds. The van der Waals surface area contributed by atoms with Crippen molar-refractivity contribution in [3.05, 3.63) is 60.2 Å². The lowest BCUT2D eigenvalue weighted by Gasteiger charge is -2.22. The van der Waals surface area contributed by atoms with Gasteiger partial charge in [0.05, 0.1) is 20.2 Å². The first kappa shape index (κ1) is 17.0. The summed E-state index contributed by atoms with van der Waals surface area (Å²) in [6.07, 6.45) is 0. The van der Waals surface area contributed by atoms with E-state index >= 15 is 0 Å². The van der Waals surface area contributed by atoms with Crippen LogP contribution < -0.4 is 15.4 Å². The minimum Gasteiger partial charge on any atom is -0.497 e. The Hall–Kier alpha value is -2.04. The molecule has 2 aromatic rings. The number of nitrogens with two attached hydrogens (primary N) is 1. The van der Waals surface area contributed by atoms with Crippen LogP contribution in [-0.2, 0) is 11.3 Å². The standard InChI is InChI=1S/C16H18N2O2.ClH/c1-20-15-9-7-14(8-10-15)18(16(19)11-17)12-13-5-3-2-4-6-13;/h2-10H,11-12,17H2,1H3;1H. The number of benzene rings is 2. The highest BCUT2D eigenvalue weighted by Gasteiger charge is 2.14. The molecule has 5 heteroatoms. The molecule has 0 bridgehead atoms.